The van der Waals surface area contributed by atoms with Crippen LogP contribution in [0.15, 0.2) is 34.9 Å². The van der Waals surface area contributed by atoms with E-state index >= 15 is 0 Å². The summed E-state index contributed by atoms with van der Waals surface area (Å²) in [5, 5.41) is 0. The number of nitrogens with zero attached hydrogens (tertiary/aromatic N) is 4. The molecule has 0 bridgehead atoms. The summed E-state index contributed by atoms with van der Waals surface area (Å²) in [7, 11) is 1.63. The van der Waals surface area contributed by atoms with Crippen LogP contribution in [0.3, 0.4) is 0 Å². The first kappa shape index (κ1) is 23.3. The number of ether oxygens (including phenoxy) is 1. The molecule has 8 heteroatoms. The Morgan fingerprint density at radius 2 is 1.82 bits per heavy atom. The molecule has 2 fully saturated rings. The second-order valence-corrected chi connectivity index (χ2v) is 8.94. The van der Waals surface area contributed by atoms with Crippen molar-refractivity contribution in [1.82, 2.24) is 19.7 Å². The van der Waals surface area contributed by atoms with Gasteiger partial charge in [0.2, 0.25) is 11.8 Å². The zero-order valence-corrected chi connectivity index (χ0v) is 19.7. The number of likely N-dealkylation sites (tertiary alicyclic amines) is 1. The predicted molar refractivity (Wildman–Crippen MR) is 125 cm³/mol. The molecule has 8 nitrogen and oxygen atoms in total. The molecular formula is C25H34N4O4. The van der Waals surface area contributed by atoms with E-state index in [9.17, 15) is 9.59 Å². The molecule has 0 radical (unpaired) electrons. The number of carbonyl (C=O) groups excluding carboxylic acids is 2. The van der Waals surface area contributed by atoms with Crippen LogP contribution in [-0.2, 0) is 16.0 Å². The van der Waals surface area contributed by atoms with E-state index in [0.29, 0.717) is 50.2 Å². The van der Waals surface area contributed by atoms with Crippen molar-refractivity contribution >= 4 is 11.8 Å². The Morgan fingerprint density at radius 1 is 1.06 bits per heavy atom. The number of piperidine rings is 1. The molecule has 0 saturated carbocycles. The van der Waals surface area contributed by atoms with Gasteiger partial charge in [-0.1, -0.05) is 0 Å². The maximum Gasteiger partial charge on any atom is 0.236 e. The minimum Gasteiger partial charge on any atom is -0.497 e. The Labute approximate surface area is 195 Å². The molecule has 4 rings (SSSR count). The van der Waals surface area contributed by atoms with Crippen LogP contribution in [0.4, 0.5) is 0 Å². The van der Waals surface area contributed by atoms with Gasteiger partial charge in [-0.3, -0.25) is 14.5 Å². The minimum absolute atomic E-state index is 0.106. The molecule has 1 aromatic heterocycles. The van der Waals surface area contributed by atoms with Crippen molar-refractivity contribution in [2.24, 2.45) is 0 Å². The summed E-state index contributed by atoms with van der Waals surface area (Å²) in [6.45, 7) is 6.26. The number of methoxy groups -OCH3 is 1. The van der Waals surface area contributed by atoms with Gasteiger partial charge in [0.1, 0.15) is 5.75 Å². The first-order valence-electron chi connectivity index (χ1n) is 11.9. The summed E-state index contributed by atoms with van der Waals surface area (Å²) >= 11 is 0. The van der Waals surface area contributed by atoms with E-state index in [2.05, 4.69) is 16.8 Å². The molecule has 1 atom stereocenters. The molecule has 2 aliphatic heterocycles. The SMILES string of the molecule is COc1ccc(-c2cnc(CCC(=O)N3CCN(CC(=O)N4CCCCC4C)CC3)o2)cc1. The third-order valence-corrected chi connectivity index (χ3v) is 6.69. The Morgan fingerprint density at radius 3 is 2.52 bits per heavy atom. The average Bonchev–Trinajstić information content (AvgIpc) is 3.32. The maximum atomic E-state index is 12.7. The standard InChI is InChI=1S/C25H34N4O4/c1-19-5-3-4-12-29(19)25(31)18-27-13-15-28(16-14-27)24(30)11-10-23-26-17-22(33-23)20-6-8-21(32-2)9-7-20/h6-9,17,19H,3-5,10-16,18H2,1-2H3. The van der Waals surface area contributed by atoms with Crippen LogP contribution in [0, 0.1) is 0 Å². The van der Waals surface area contributed by atoms with Crippen LogP contribution < -0.4 is 4.74 Å². The van der Waals surface area contributed by atoms with Crippen LogP contribution in [0.1, 0.15) is 38.5 Å². The van der Waals surface area contributed by atoms with Gasteiger partial charge in [0, 0.05) is 57.2 Å². The molecule has 2 aliphatic rings. The van der Waals surface area contributed by atoms with E-state index in [0.717, 1.165) is 43.8 Å². The molecular weight excluding hydrogens is 420 g/mol. The highest BCUT2D eigenvalue weighted by atomic mass is 16.5. The lowest BCUT2D eigenvalue weighted by atomic mass is 10.0. The van der Waals surface area contributed by atoms with Gasteiger partial charge in [0.15, 0.2) is 11.7 Å². The predicted octanol–water partition coefficient (Wildman–Crippen LogP) is 2.83. The molecule has 3 heterocycles. The van der Waals surface area contributed by atoms with Crippen LogP contribution in [0.2, 0.25) is 0 Å². The van der Waals surface area contributed by atoms with E-state index in [4.69, 9.17) is 9.15 Å². The summed E-state index contributed by atoms with van der Waals surface area (Å²) in [6.07, 6.45) is 5.95. The number of rotatable bonds is 7. The van der Waals surface area contributed by atoms with Crippen molar-refractivity contribution in [3.05, 3.63) is 36.4 Å². The zero-order chi connectivity index (χ0) is 23.2. The lowest BCUT2D eigenvalue weighted by Gasteiger charge is -2.38. The largest absolute Gasteiger partial charge is 0.497 e. The summed E-state index contributed by atoms with van der Waals surface area (Å²) in [5.41, 5.74) is 0.922. The summed E-state index contributed by atoms with van der Waals surface area (Å²) < 4.78 is 11.0. The van der Waals surface area contributed by atoms with Crippen molar-refractivity contribution in [1.29, 1.82) is 0 Å². The van der Waals surface area contributed by atoms with Gasteiger partial charge < -0.3 is 19.0 Å². The van der Waals surface area contributed by atoms with Gasteiger partial charge in [-0.25, -0.2) is 4.98 Å². The molecule has 2 amide bonds. The fraction of sp³-hybridized carbons (Fsp3) is 0.560. The smallest absolute Gasteiger partial charge is 0.236 e. The van der Waals surface area contributed by atoms with E-state index in [-0.39, 0.29) is 11.8 Å². The minimum atomic E-state index is 0.106. The van der Waals surface area contributed by atoms with Gasteiger partial charge >= 0.3 is 0 Å². The number of aryl methyl sites for hydroxylation is 1. The maximum absolute atomic E-state index is 12.7. The van der Waals surface area contributed by atoms with Gasteiger partial charge in [0.25, 0.3) is 0 Å². The quantitative estimate of drug-likeness (QED) is 0.640. The summed E-state index contributed by atoms with van der Waals surface area (Å²) in [6, 6.07) is 7.94. The first-order chi connectivity index (χ1) is 16.0. The molecule has 1 unspecified atom stereocenters. The summed E-state index contributed by atoms with van der Waals surface area (Å²) in [5.74, 6) is 2.36. The van der Waals surface area contributed by atoms with E-state index in [1.54, 1.807) is 13.3 Å². The van der Waals surface area contributed by atoms with Crippen molar-refractivity contribution in [2.75, 3.05) is 46.4 Å². The normalized spacial score (nSPS) is 19.5. The first-order valence-corrected chi connectivity index (χ1v) is 11.9. The van der Waals surface area contributed by atoms with Crippen molar-refractivity contribution in [2.45, 2.75) is 45.1 Å². The van der Waals surface area contributed by atoms with Crippen LogP contribution in [-0.4, -0.2) is 83.9 Å². The number of hydrogen-bond donors (Lipinski definition) is 0. The van der Waals surface area contributed by atoms with E-state index < -0.39 is 0 Å². The molecule has 1 aromatic carbocycles. The highest BCUT2D eigenvalue weighted by molar-refractivity contribution is 5.79. The lowest BCUT2D eigenvalue weighted by Crippen LogP contribution is -2.53. The van der Waals surface area contributed by atoms with Crippen molar-refractivity contribution in [3.63, 3.8) is 0 Å². The zero-order valence-electron chi connectivity index (χ0n) is 19.7. The molecule has 0 spiro atoms. The lowest BCUT2D eigenvalue weighted by molar-refractivity contribution is -0.137. The van der Waals surface area contributed by atoms with Crippen LogP contribution >= 0.6 is 0 Å². The number of aromatic nitrogens is 1. The average molecular weight is 455 g/mol. The van der Waals surface area contributed by atoms with Gasteiger partial charge in [-0.05, 0) is 50.5 Å². The fourth-order valence-electron chi connectivity index (χ4n) is 4.59. The van der Waals surface area contributed by atoms with Gasteiger partial charge in [-0.2, -0.15) is 0 Å². The fourth-order valence-corrected chi connectivity index (χ4v) is 4.59. The van der Waals surface area contributed by atoms with Crippen molar-refractivity contribution in [3.8, 4) is 17.1 Å². The van der Waals surface area contributed by atoms with Crippen molar-refractivity contribution < 1.29 is 18.7 Å². The molecule has 0 aliphatic carbocycles. The molecule has 0 N–H and O–H groups in total. The Balaban J connectivity index is 1.20. The second kappa shape index (κ2) is 10.8. The van der Waals surface area contributed by atoms with Gasteiger partial charge in [0.05, 0.1) is 19.9 Å². The second-order valence-electron chi connectivity index (χ2n) is 8.94. The Hall–Kier alpha value is -2.87. The number of carbonyl (C=O) groups is 2. The topological polar surface area (TPSA) is 79.1 Å². The van der Waals surface area contributed by atoms with Gasteiger partial charge in [-0.15, -0.1) is 0 Å². The number of piperazine rings is 1. The number of hydrogen-bond acceptors (Lipinski definition) is 6. The number of oxazole rings is 1. The third-order valence-electron chi connectivity index (χ3n) is 6.69. The van der Waals surface area contributed by atoms with E-state index in [1.807, 2.05) is 34.1 Å². The Kier molecular flexibility index (Phi) is 7.65. The highest BCUT2D eigenvalue weighted by Crippen LogP contribution is 2.23. The molecule has 178 valence electrons. The van der Waals surface area contributed by atoms with E-state index in [1.165, 1.54) is 6.42 Å². The monoisotopic (exact) mass is 454 g/mol. The Bertz CT molecular complexity index is 934. The number of benzene rings is 1. The molecule has 33 heavy (non-hydrogen) atoms. The highest BCUT2D eigenvalue weighted by Gasteiger charge is 2.27. The third kappa shape index (κ3) is 5.93. The number of amides is 2. The van der Waals surface area contributed by atoms with Crippen LogP contribution in [0.5, 0.6) is 5.75 Å². The molecule has 2 saturated heterocycles. The molecule has 2 aromatic rings. The summed E-state index contributed by atoms with van der Waals surface area (Å²) in [4.78, 5) is 35.8. The van der Waals surface area contributed by atoms with Crippen LogP contribution in [0.25, 0.3) is 11.3 Å².